The minimum atomic E-state index is -3.98. The lowest BCUT2D eigenvalue weighted by atomic mass is 10.2. The first-order chi connectivity index (χ1) is 17.6. The molecule has 2 aliphatic heterocycles. The number of rotatable bonds is 6. The van der Waals surface area contributed by atoms with Crippen LogP contribution in [0.2, 0.25) is 0 Å². The summed E-state index contributed by atoms with van der Waals surface area (Å²) >= 11 is 1.46. The Bertz CT molecular complexity index is 1440. The smallest absolute Gasteiger partial charge is 0.240 e. The molecular weight excluding hydrogens is 498 g/mol. The molecule has 0 saturated carbocycles. The largest absolute Gasteiger partial charge is 0.486 e. The lowest BCUT2D eigenvalue weighted by Gasteiger charge is -2.34. The summed E-state index contributed by atoms with van der Waals surface area (Å²) in [6.45, 7) is 4.51. The van der Waals surface area contributed by atoms with Crippen LogP contribution in [0, 0.1) is 0 Å². The Labute approximate surface area is 213 Å². The highest BCUT2D eigenvalue weighted by Crippen LogP contribution is 2.39. The van der Waals surface area contributed by atoms with Crippen LogP contribution in [0.15, 0.2) is 80.4 Å². The van der Waals surface area contributed by atoms with Gasteiger partial charge in [-0.3, -0.25) is 4.90 Å². The molecule has 0 bridgehead atoms. The van der Waals surface area contributed by atoms with E-state index >= 15 is 0 Å². The summed E-state index contributed by atoms with van der Waals surface area (Å²) in [7, 11) is -3.98. The van der Waals surface area contributed by atoms with Gasteiger partial charge in [-0.05, 0) is 29.1 Å². The highest BCUT2D eigenvalue weighted by Gasteiger charge is 2.34. The van der Waals surface area contributed by atoms with Crippen molar-refractivity contribution in [2.45, 2.75) is 16.5 Å². The van der Waals surface area contributed by atoms with E-state index in [2.05, 4.69) is 22.0 Å². The van der Waals surface area contributed by atoms with Crippen LogP contribution in [0.4, 0.5) is 5.88 Å². The van der Waals surface area contributed by atoms with E-state index in [9.17, 15) is 8.42 Å². The Morgan fingerprint density at radius 1 is 0.889 bits per heavy atom. The standard InChI is InChI=1S/C26H25N3O5S2/c30-36(31,20-8-9-21-22(17-20)33-15-14-32-21)25-26(34-24(27-25)23-7-4-16-35-23)29-12-10-28(11-13-29)18-19-5-2-1-3-6-19/h1-9,16-17H,10-15,18H2. The quantitative estimate of drug-likeness (QED) is 0.369. The van der Waals surface area contributed by atoms with Gasteiger partial charge in [-0.2, -0.15) is 4.98 Å². The van der Waals surface area contributed by atoms with E-state index in [1.165, 1.54) is 29.0 Å². The van der Waals surface area contributed by atoms with Gasteiger partial charge in [0.25, 0.3) is 0 Å². The van der Waals surface area contributed by atoms with Crippen LogP contribution in [0.5, 0.6) is 11.5 Å². The number of ether oxygens (including phenoxy) is 2. The Hall–Kier alpha value is -3.34. The molecule has 2 aliphatic rings. The molecule has 1 saturated heterocycles. The van der Waals surface area contributed by atoms with Crippen LogP contribution >= 0.6 is 11.3 Å². The molecule has 36 heavy (non-hydrogen) atoms. The number of anilines is 1. The number of nitrogens with zero attached hydrogens (tertiary/aromatic N) is 3. The number of aromatic nitrogens is 1. The predicted molar refractivity (Wildman–Crippen MR) is 137 cm³/mol. The average molecular weight is 524 g/mol. The number of hydrogen-bond donors (Lipinski definition) is 0. The number of sulfone groups is 1. The molecule has 0 N–H and O–H groups in total. The maximum absolute atomic E-state index is 13.8. The summed E-state index contributed by atoms with van der Waals surface area (Å²) in [5.74, 6) is 1.55. The first-order valence-corrected chi connectivity index (χ1v) is 14.1. The molecule has 1 fully saturated rings. The van der Waals surface area contributed by atoms with E-state index in [1.54, 1.807) is 6.07 Å². The fraction of sp³-hybridized carbons (Fsp3) is 0.269. The summed E-state index contributed by atoms with van der Waals surface area (Å²) in [5, 5.41) is 1.84. The van der Waals surface area contributed by atoms with E-state index in [0.29, 0.717) is 43.7 Å². The lowest BCUT2D eigenvalue weighted by Crippen LogP contribution is -2.46. The van der Waals surface area contributed by atoms with Gasteiger partial charge in [0.05, 0.1) is 9.77 Å². The van der Waals surface area contributed by atoms with Crippen LogP contribution in [0.1, 0.15) is 5.56 Å². The molecule has 0 unspecified atom stereocenters. The van der Waals surface area contributed by atoms with E-state index in [-0.39, 0.29) is 15.8 Å². The van der Waals surface area contributed by atoms with Crippen LogP contribution < -0.4 is 14.4 Å². The molecule has 4 heterocycles. The molecule has 0 spiro atoms. The molecule has 8 nitrogen and oxygen atoms in total. The van der Waals surface area contributed by atoms with Crippen molar-refractivity contribution in [2.24, 2.45) is 0 Å². The topological polar surface area (TPSA) is 85.1 Å². The van der Waals surface area contributed by atoms with Crippen molar-refractivity contribution in [3.05, 3.63) is 71.6 Å². The predicted octanol–water partition coefficient (Wildman–Crippen LogP) is 4.33. The molecule has 6 rings (SSSR count). The van der Waals surface area contributed by atoms with Gasteiger partial charge >= 0.3 is 0 Å². The van der Waals surface area contributed by atoms with Gasteiger partial charge in [0.1, 0.15) is 13.2 Å². The van der Waals surface area contributed by atoms with E-state index in [4.69, 9.17) is 13.9 Å². The second-order valence-corrected chi connectivity index (χ2v) is 11.5. The highest BCUT2D eigenvalue weighted by molar-refractivity contribution is 7.91. The maximum atomic E-state index is 13.8. The van der Waals surface area contributed by atoms with Gasteiger partial charge in [0, 0.05) is 38.8 Å². The third-order valence-corrected chi connectivity index (χ3v) is 8.81. The lowest BCUT2D eigenvalue weighted by molar-refractivity contribution is 0.171. The van der Waals surface area contributed by atoms with Crippen molar-refractivity contribution >= 4 is 27.1 Å². The van der Waals surface area contributed by atoms with Crippen molar-refractivity contribution in [2.75, 3.05) is 44.3 Å². The van der Waals surface area contributed by atoms with Gasteiger partial charge < -0.3 is 18.8 Å². The number of fused-ring (bicyclic) bond motifs is 1. The zero-order chi connectivity index (χ0) is 24.5. The first kappa shape index (κ1) is 23.1. The highest BCUT2D eigenvalue weighted by atomic mass is 32.2. The van der Waals surface area contributed by atoms with Gasteiger partial charge in [-0.25, -0.2) is 8.42 Å². The molecule has 0 radical (unpaired) electrons. The summed E-state index contributed by atoms with van der Waals surface area (Å²) in [4.78, 5) is 9.72. The van der Waals surface area contributed by atoms with Gasteiger partial charge in [-0.15, -0.1) is 11.3 Å². The third kappa shape index (κ3) is 4.47. The van der Waals surface area contributed by atoms with Crippen molar-refractivity contribution < 1.29 is 22.3 Å². The average Bonchev–Trinajstić information content (AvgIpc) is 3.60. The van der Waals surface area contributed by atoms with Crippen molar-refractivity contribution in [3.63, 3.8) is 0 Å². The summed E-state index contributed by atoms with van der Waals surface area (Å²) in [5.41, 5.74) is 1.26. The third-order valence-electron chi connectivity index (χ3n) is 6.30. The summed E-state index contributed by atoms with van der Waals surface area (Å²) in [6.07, 6.45) is 0. The monoisotopic (exact) mass is 523 g/mol. The number of thiophene rings is 1. The normalized spacial score (nSPS) is 16.3. The Kier molecular flexibility index (Phi) is 6.16. The molecular formula is C26H25N3O5S2. The Balaban J connectivity index is 1.31. The van der Waals surface area contributed by atoms with Gasteiger partial charge in [0.2, 0.25) is 26.6 Å². The molecule has 2 aromatic carbocycles. The SMILES string of the molecule is O=S(=O)(c1ccc2c(c1)OCCO2)c1nc(-c2cccs2)oc1N1CCN(Cc2ccccc2)CC1. The molecule has 0 atom stereocenters. The van der Waals surface area contributed by atoms with Gasteiger partial charge in [0.15, 0.2) is 11.5 Å². The Morgan fingerprint density at radius 2 is 1.67 bits per heavy atom. The van der Waals surface area contributed by atoms with E-state index in [1.807, 2.05) is 40.6 Å². The van der Waals surface area contributed by atoms with Crippen LogP contribution in [0.25, 0.3) is 10.8 Å². The number of hydrogen-bond acceptors (Lipinski definition) is 9. The van der Waals surface area contributed by atoms with Crippen LogP contribution in [-0.2, 0) is 16.4 Å². The van der Waals surface area contributed by atoms with Gasteiger partial charge in [-0.1, -0.05) is 36.4 Å². The minimum absolute atomic E-state index is 0.0703. The van der Waals surface area contributed by atoms with Crippen molar-refractivity contribution in [1.29, 1.82) is 0 Å². The van der Waals surface area contributed by atoms with Crippen molar-refractivity contribution in [1.82, 2.24) is 9.88 Å². The maximum Gasteiger partial charge on any atom is 0.240 e. The fourth-order valence-corrected chi connectivity index (χ4v) is 6.42. The second kappa shape index (κ2) is 9.61. The molecule has 2 aromatic heterocycles. The molecule has 4 aromatic rings. The molecule has 10 heteroatoms. The van der Waals surface area contributed by atoms with Crippen molar-refractivity contribution in [3.8, 4) is 22.3 Å². The van der Waals surface area contributed by atoms with Crippen LogP contribution in [0.3, 0.4) is 0 Å². The Morgan fingerprint density at radius 3 is 2.42 bits per heavy atom. The fourth-order valence-electron chi connectivity index (χ4n) is 4.43. The number of oxazole rings is 1. The second-order valence-electron chi connectivity index (χ2n) is 8.66. The molecule has 186 valence electrons. The number of benzene rings is 2. The minimum Gasteiger partial charge on any atom is -0.486 e. The first-order valence-electron chi connectivity index (χ1n) is 11.8. The molecule has 0 aliphatic carbocycles. The molecule has 0 amide bonds. The zero-order valence-corrected chi connectivity index (χ0v) is 21.1. The number of piperazine rings is 1. The van der Waals surface area contributed by atoms with Crippen LogP contribution in [-0.4, -0.2) is 57.7 Å². The zero-order valence-electron chi connectivity index (χ0n) is 19.5. The van der Waals surface area contributed by atoms with E-state index < -0.39 is 9.84 Å². The summed E-state index contributed by atoms with van der Waals surface area (Å²) in [6, 6.07) is 18.8. The van der Waals surface area contributed by atoms with E-state index in [0.717, 1.165) is 24.5 Å². The summed E-state index contributed by atoms with van der Waals surface area (Å²) < 4.78 is 45.0.